The summed E-state index contributed by atoms with van der Waals surface area (Å²) in [6, 6.07) is 18.3. The van der Waals surface area contributed by atoms with E-state index in [4.69, 9.17) is 0 Å². The topological polar surface area (TPSA) is 81.8 Å². The zero-order valence-corrected chi connectivity index (χ0v) is 19.7. The van der Waals surface area contributed by atoms with Gasteiger partial charge in [-0.3, -0.25) is 14.3 Å². The third-order valence-electron chi connectivity index (χ3n) is 5.84. The Hall–Kier alpha value is -4.04. The fourth-order valence-corrected chi connectivity index (χ4v) is 5.06. The van der Waals surface area contributed by atoms with Crippen LogP contribution in [0.25, 0.3) is 21.3 Å². The molecule has 0 bridgehead atoms. The average Bonchev–Trinajstić information content (AvgIpc) is 3.48. The number of aromatic nitrogens is 4. The second-order valence-electron chi connectivity index (χ2n) is 8.14. The lowest BCUT2D eigenvalue weighted by atomic mass is 9.98. The molecule has 5 aromatic rings. The van der Waals surface area contributed by atoms with Crippen LogP contribution in [-0.4, -0.2) is 25.2 Å². The van der Waals surface area contributed by atoms with Crippen molar-refractivity contribution in [2.45, 2.75) is 20.0 Å². The Bertz CT molecular complexity index is 1530. The van der Waals surface area contributed by atoms with Gasteiger partial charge in [-0.1, -0.05) is 48.5 Å². The van der Waals surface area contributed by atoms with Gasteiger partial charge in [-0.15, -0.1) is 11.3 Å². The van der Waals surface area contributed by atoms with Gasteiger partial charge in [-0.25, -0.2) is 4.98 Å². The van der Waals surface area contributed by atoms with E-state index in [-0.39, 0.29) is 11.5 Å². The highest BCUT2D eigenvalue weighted by Crippen LogP contribution is 2.28. The minimum Gasteiger partial charge on any atom is -0.347 e. The van der Waals surface area contributed by atoms with Crippen LogP contribution in [0, 0.1) is 6.92 Å². The molecule has 2 aromatic carbocycles. The van der Waals surface area contributed by atoms with E-state index in [0.29, 0.717) is 27.2 Å². The van der Waals surface area contributed by atoms with Crippen LogP contribution in [0.4, 0.5) is 0 Å². The molecule has 0 atom stereocenters. The number of hydrogen-bond donors (Lipinski definition) is 1. The monoisotopic (exact) mass is 469 g/mol. The van der Waals surface area contributed by atoms with Crippen LogP contribution in [0.15, 0.2) is 78.1 Å². The van der Waals surface area contributed by atoms with Gasteiger partial charge in [0.15, 0.2) is 0 Å². The van der Waals surface area contributed by atoms with Gasteiger partial charge in [0.1, 0.15) is 4.83 Å². The first kappa shape index (κ1) is 21.8. The quantitative estimate of drug-likeness (QED) is 0.405. The van der Waals surface area contributed by atoms with Crippen LogP contribution in [0.1, 0.15) is 26.4 Å². The third-order valence-corrected chi connectivity index (χ3v) is 7.04. The zero-order valence-electron chi connectivity index (χ0n) is 18.9. The molecule has 0 saturated heterocycles. The van der Waals surface area contributed by atoms with E-state index in [0.717, 1.165) is 23.2 Å². The highest BCUT2D eigenvalue weighted by molar-refractivity contribution is 7.20. The molecule has 0 saturated carbocycles. The molecule has 0 unspecified atom stereocenters. The number of benzene rings is 2. The van der Waals surface area contributed by atoms with Crippen molar-refractivity contribution in [3.63, 3.8) is 0 Å². The van der Waals surface area contributed by atoms with E-state index < -0.39 is 0 Å². The summed E-state index contributed by atoms with van der Waals surface area (Å²) >= 11 is 1.25. The largest absolute Gasteiger partial charge is 0.347 e. The Morgan fingerprint density at radius 3 is 2.65 bits per heavy atom. The number of nitrogens with zero attached hydrogens (tertiary/aromatic N) is 4. The number of aryl methyl sites for hydroxylation is 2. The molecule has 0 aliphatic carbocycles. The maximum absolute atomic E-state index is 13.0. The van der Waals surface area contributed by atoms with Crippen LogP contribution >= 0.6 is 11.3 Å². The van der Waals surface area contributed by atoms with E-state index in [9.17, 15) is 9.59 Å². The molecular formula is C26H23N5O2S. The predicted molar refractivity (Wildman–Crippen MR) is 134 cm³/mol. The van der Waals surface area contributed by atoms with Gasteiger partial charge in [0.25, 0.3) is 11.5 Å². The number of fused-ring (bicyclic) bond motifs is 1. The number of amides is 1. The Kier molecular flexibility index (Phi) is 5.81. The summed E-state index contributed by atoms with van der Waals surface area (Å²) in [6.45, 7) is 2.90. The number of nitrogens with one attached hydrogen (secondary N) is 1. The number of rotatable bonds is 6. The summed E-state index contributed by atoms with van der Waals surface area (Å²) in [6.07, 6.45) is 5.20. The van der Waals surface area contributed by atoms with Gasteiger partial charge in [-0.2, -0.15) is 5.10 Å². The second-order valence-corrected chi connectivity index (χ2v) is 9.14. The zero-order chi connectivity index (χ0) is 23.7. The smallest absolute Gasteiger partial charge is 0.262 e. The van der Waals surface area contributed by atoms with Crippen molar-refractivity contribution in [2.75, 3.05) is 0 Å². The fraction of sp³-hybridized carbons (Fsp3) is 0.154. The van der Waals surface area contributed by atoms with Crippen molar-refractivity contribution in [1.29, 1.82) is 0 Å². The van der Waals surface area contributed by atoms with Gasteiger partial charge >= 0.3 is 0 Å². The fourth-order valence-electron chi connectivity index (χ4n) is 4.01. The molecule has 0 aliphatic rings. The Morgan fingerprint density at radius 1 is 1.09 bits per heavy atom. The summed E-state index contributed by atoms with van der Waals surface area (Å²) in [5, 5.41) is 7.79. The number of hydrogen-bond acceptors (Lipinski definition) is 5. The maximum atomic E-state index is 13.0. The summed E-state index contributed by atoms with van der Waals surface area (Å²) in [5.74, 6) is -0.202. The normalized spacial score (nSPS) is 11.1. The van der Waals surface area contributed by atoms with Crippen molar-refractivity contribution >= 4 is 27.5 Å². The lowest BCUT2D eigenvalue weighted by Gasteiger charge is -2.12. The van der Waals surface area contributed by atoms with E-state index >= 15 is 0 Å². The Morgan fingerprint density at radius 2 is 1.88 bits per heavy atom. The Labute approximate surface area is 200 Å². The summed E-state index contributed by atoms with van der Waals surface area (Å²) in [5.41, 5.74) is 4.87. The molecule has 1 amide bonds. The lowest BCUT2D eigenvalue weighted by Crippen LogP contribution is -2.23. The first-order chi connectivity index (χ1) is 16.5. The van der Waals surface area contributed by atoms with Gasteiger partial charge in [0.05, 0.1) is 23.1 Å². The van der Waals surface area contributed by atoms with Crippen LogP contribution in [0.2, 0.25) is 0 Å². The minimum absolute atomic E-state index is 0.140. The van der Waals surface area contributed by atoms with Crippen molar-refractivity contribution < 1.29 is 4.79 Å². The van der Waals surface area contributed by atoms with Crippen LogP contribution in [-0.2, 0) is 20.1 Å². The summed E-state index contributed by atoms with van der Waals surface area (Å²) < 4.78 is 3.32. The predicted octanol–water partition coefficient (Wildman–Crippen LogP) is 4.15. The molecule has 0 aliphatic heterocycles. The highest BCUT2D eigenvalue weighted by atomic mass is 32.1. The molecule has 3 aromatic heterocycles. The second kappa shape index (κ2) is 9.07. The van der Waals surface area contributed by atoms with Crippen molar-refractivity contribution in [3.8, 4) is 11.1 Å². The van der Waals surface area contributed by atoms with Crippen molar-refractivity contribution in [2.24, 2.45) is 7.05 Å². The summed E-state index contributed by atoms with van der Waals surface area (Å²) in [7, 11) is 1.66. The first-order valence-electron chi connectivity index (χ1n) is 10.9. The van der Waals surface area contributed by atoms with Crippen LogP contribution in [0.3, 0.4) is 0 Å². The Balaban J connectivity index is 1.35. The molecule has 34 heavy (non-hydrogen) atoms. The van der Waals surface area contributed by atoms with Gasteiger partial charge < -0.3 is 9.88 Å². The van der Waals surface area contributed by atoms with Crippen LogP contribution in [0.5, 0.6) is 0 Å². The van der Waals surface area contributed by atoms with E-state index in [2.05, 4.69) is 45.7 Å². The van der Waals surface area contributed by atoms with Gasteiger partial charge in [-0.05, 0) is 40.8 Å². The van der Waals surface area contributed by atoms with Crippen molar-refractivity contribution in [3.05, 3.63) is 105 Å². The molecule has 0 fully saturated rings. The minimum atomic E-state index is -0.202. The van der Waals surface area contributed by atoms with Crippen molar-refractivity contribution in [1.82, 2.24) is 24.6 Å². The molecule has 3 heterocycles. The first-order valence-corrected chi connectivity index (χ1v) is 11.7. The van der Waals surface area contributed by atoms with Crippen LogP contribution < -0.4 is 10.9 Å². The molecule has 0 radical (unpaired) electrons. The van der Waals surface area contributed by atoms with E-state index in [1.807, 2.05) is 35.1 Å². The maximum Gasteiger partial charge on any atom is 0.262 e. The van der Waals surface area contributed by atoms with Gasteiger partial charge in [0, 0.05) is 26.0 Å². The number of carbonyl (C=O) groups excluding carboxylic acids is 1. The van der Waals surface area contributed by atoms with E-state index in [1.54, 1.807) is 20.2 Å². The number of carbonyl (C=O) groups is 1. The SMILES string of the molecule is Cc1c(C(=O)NCc2ccccc2-c2ccc(Cn3cccn3)cc2)sc2ncn(C)c(=O)c12. The number of thiophene rings is 1. The lowest BCUT2D eigenvalue weighted by molar-refractivity contribution is 0.0954. The van der Waals surface area contributed by atoms with Gasteiger partial charge in [0.2, 0.25) is 0 Å². The standard InChI is InChI=1S/C26H23N5O2S/c1-17-22-25(28-16-30(2)26(22)33)34-23(17)24(32)27-14-20-6-3-4-7-21(20)19-10-8-18(9-11-19)15-31-13-5-12-29-31/h3-13,16H,14-15H2,1-2H3,(H,27,32). The molecule has 5 rings (SSSR count). The molecule has 1 N–H and O–H groups in total. The van der Waals surface area contributed by atoms with E-state index in [1.165, 1.54) is 27.8 Å². The molecular weight excluding hydrogens is 446 g/mol. The molecule has 0 spiro atoms. The average molecular weight is 470 g/mol. The molecule has 170 valence electrons. The highest BCUT2D eigenvalue weighted by Gasteiger charge is 2.19. The third kappa shape index (κ3) is 4.15. The summed E-state index contributed by atoms with van der Waals surface area (Å²) in [4.78, 5) is 30.9. The molecule has 8 heteroatoms. The molecule has 7 nitrogen and oxygen atoms in total.